The van der Waals surface area contributed by atoms with Gasteiger partial charge in [-0.2, -0.15) is 0 Å². The van der Waals surface area contributed by atoms with E-state index in [9.17, 15) is 9.59 Å². The second-order valence-corrected chi connectivity index (χ2v) is 9.49. The van der Waals surface area contributed by atoms with Gasteiger partial charge in [0.2, 0.25) is 0 Å². The van der Waals surface area contributed by atoms with Crippen molar-refractivity contribution in [3.63, 3.8) is 0 Å². The minimum atomic E-state index is -0.178. The number of halogens is 2. The quantitative estimate of drug-likeness (QED) is 0.573. The zero-order chi connectivity index (χ0) is 22.7. The van der Waals surface area contributed by atoms with Crippen molar-refractivity contribution in [2.75, 3.05) is 6.54 Å². The summed E-state index contributed by atoms with van der Waals surface area (Å²) >= 11 is 10.5. The maximum atomic E-state index is 13.6. The van der Waals surface area contributed by atoms with Gasteiger partial charge in [-0.05, 0) is 49.4 Å². The maximum Gasteiger partial charge on any atom is 0.256 e. The Kier molecular flexibility index (Phi) is 5.09. The summed E-state index contributed by atoms with van der Waals surface area (Å²) in [5.41, 5.74) is 6.96. The zero-order valence-electron chi connectivity index (χ0n) is 17.9. The summed E-state index contributed by atoms with van der Waals surface area (Å²) in [5.74, 6) is -0.178. The Morgan fingerprint density at radius 1 is 1.25 bits per heavy atom. The number of benzene rings is 1. The van der Waals surface area contributed by atoms with E-state index in [1.807, 2.05) is 32.1 Å². The number of fused-ring (bicyclic) bond motifs is 2. The van der Waals surface area contributed by atoms with Crippen LogP contribution in [0.15, 0.2) is 21.4 Å². The first-order chi connectivity index (χ1) is 15.3. The van der Waals surface area contributed by atoms with Crippen LogP contribution < -0.4 is 5.56 Å². The van der Waals surface area contributed by atoms with Crippen LogP contribution in [0.5, 0.6) is 0 Å². The second kappa shape index (κ2) is 7.71. The average molecular weight is 515 g/mol. The van der Waals surface area contributed by atoms with Crippen molar-refractivity contribution in [3.8, 4) is 11.3 Å². The van der Waals surface area contributed by atoms with Crippen LogP contribution in [0.4, 0.5) is 0 Å². The van der Waals surface area contributed by atoms with Crippen LogP contribution in [0.25, 0.3) is 17.3 Å². The number of carbonyl (C=O) groups is 1. The van der Waals surface area contributed by atoms with Crippen molar-refractivity contribution < 1.29 is 4.79 Å². The molecule has 5 rings (SSSR count). The van der Waals surface area contributed by atoms with Crippen LogP contribution in [-0.2, 0) is 26.4 Å². The molecule has 1 amide bonds. The van der Waals surface area contributed by atoms with E-state index in [1.54, 1.807) is 16.6 Å². The predicted octanol–water partition coefficient (Wildman–Crippen LogP) is 3.97. The first kappa shape index (κ1) is 21.2. The molecule has 2 aliphatic rings. The van der Waals surface area contributed by atoms with Crippen molar-refractivity contribution >= 4 is 39.5 Å². The van der Waals surface area contributed by atoms with Crippen molar-refractivity contribution in [2.24, 2.45) is 7.05 Å². The Hall–Kier alpha value is -2.71. The summed E-state index contributed by atoms with van der Waals surface area (Å²) in [6.45, 7) is 4.52. The number of H-pyrrole nitrogens is 1. The number of nitrogens with zero attached hydrogens (tertiary/aromatic N) is 4. The second-order valence-electron chi connectivity index (χ2n) is 8.25. The molecule has 0 saturated heterocycles. The fourth-order valence-electron chi connectivity index (χ4n) is 4.72. The number of aromatic nitrogens is 4. The molecule has 9 heteroatoms. The Labute approximate surface area is 198 Å². The van der Waals surface area contributed by atoms with Gasteiger partial charge >= 0.3 is 0 Å². The van der Waals surface area contributed by atoms with Crippen LogP contribution >= 0.6 is 27.5 Å². The number of hydrogen-bond acceptors (Lipinski definition) is 4. The third-order valence-electron chi connectivity index (χ3n) is 6.33. The smallest absolute Gasteiger partial charge is 0.256 e. The van der Waals surface area contributed by atoms with Crippen LogP contribution in [-0.4, -0.2) is 37.3 Å². The Morgan fingerprint density at radius 3 is 2.75 bits per heavy atom. The molecule has 1 aromatic carbocycles. The largest absolute Gasteiger partial charge is 0.334 e. The number of carbonyl (C=O) groups excluding carboxylic acids is 1. The topological polar surface area (TPSA) is 83.9 Å². The Bertz CT molecular complexity index is 1370. The van der Waals surface area contributed by atoms with E-state index in [1.165, 1.54) is 0 Å². The molecule has 164 valence electrons. The predicted molar refractivity (Wildman–Crippen MR) is 127 cm³/mol. The fourth-order valence-corrected chi connectivity index (χ4v) is 5.69. The van der Waals surface area contributed by atoms with E-state index in [0.29, 0.717) is 34.7 Å². The Morgan fingerprint density at radius 2 is 2.03 bits per heavy atom. The lowest BCUT2D eigenvalue weighted by Gasteiger charge is -2.31. The fraction of sp³-hybridized carbons (Fsp3) is 0.304. The number of aromatic amines is 1. The molecule has 7 nitrogen and oxygen atoms in total. The van der Waals surface area contributed by atoms with Gasteiger partial charge in [-0.3, -0.25) is 9.59 Å². The van der Waals surface area contributed by atoms with E-state index in [0.717, 1.165) is 44.7 Å². The molecule has 1 aliphatic carbocycles. The van der Waals surface area contributed by atoms with Crippen molar-refractivity contribution in [2.45, 2.75) is 33.2 Å². The molecule has 32 heavy (non-hydrogen) atoms. The van der Waals surface area contributed by atoms with Gasteiger partial charge in [-0.1, -0.05) is 44.9 Å². The number of pyridine rings is 1. The summed E-state index contributed by atoms with van der Waals surface area (Å²) in [4.78, 5) is 31.0. The minimum absolute atomic E-state index is 0.149. The number of rotatable bonds is 3. The van der Waals surface area contributed by atoms with E-state index in [4.69, 9.17) is 11.6 Å². The molecule has 0 saturated carbocycles. The molecule has 1 aliphatic heterocycles. The summed E-state index contributed by atoms with van der Waals surface area (Å²) < 4.78 is 2.49. The van der Waals surface area contributed by atoms with Gasteiger partial charge < -0.3 is 9.88 Å². The summed E-state index contributed by atoms with van der Waals surface area (Å²) in [6.07, 6.45) is 5.47. The average Bonchev–Trinajstić information content (AvgIpc) is 3.36. The van der Waals surface area contributed by atoms with Gasteiger partial charge in [0.25, 0.3) is 11.5 Å². The molecule has 0 fully saturated rings. The van der Waals surface area contributed by atoms with Crippen LogP contribution in [0, 0.1) is 13.8 Å². The number of aryl methyl sites for hydroxylation is 3. The summed E-state index contributed by atoms with van der Waals surface area (Å²) in [7, 11) is 1.80. The van der Waals surface area contributed by atoms with Gasteiger partial charge in [0, 0.05) is 34.9 Å². The molecule has 1 N–H and O–H groups in total. The molecule has 3 heterocycles. The number of allylic oxidation sites excluding steroid dienone is 1. The lowest BCUT2D eigenvalue weighted by molar-refractivity contribution is 0.0726. The van der Waals surface area contributed by atoms with E-state index >= 15 is 0 Å². The van der Waals surface area contributed by atoms with E-state index in [-0.39, 0.29) is 18.0 Å². The third kappa shape index (κ3) is 3.16. The monoisotopic (exact) mass is 513 g/mol. The van der Waals surface area contributed by atoms with E-state index < -0.39 is 0 Å². The normalized spacial score (nSPS) is 14.8. The van der Waals surface area contributed by atoms with Crippen LogP contribution in [0.3, 0.4) is 0 Å². The highest BCUT2D eigenvalue weighted by Crippen LogP contribution is 2.40. The summed E-state index contributed by atoms with van der Waals surface area (Å²) in [5, 5.41) is 8.57. The van der Waals surface area contributed by atoms with Crippen molar-refractivity contribution in [1.82, 2.24) is 24.9 Å². The van der Waals surface area contributed by atoms with Gasteiger partial charge in [-0.25, -0.2) is 4.68 Å². The van der Waals surface area contributed by atoms with Gasteiger partial charge in [0.1, 0.15) is 0 Å². The molecule has 0 atom stereocenters. The van der Waals surface area contributed by atoms with Gasteiger partial charge in [0.05, 0.1) is 28.5 Å². The maximum absolute atomic E-state index is 13.6. The first-order valence-corrected chi connectivity index (χ1v) is 11.5. The molecule has 0 radical (unpaired) electrons. The van der Waals surface area contributed by atoms with Gasteiger partial charge in [0.15, 0.2) is 0 Å². The molecule has 0 bridgehead atoms. The van der Waals surface area contributed by atoms with Crippen LogP contribution in [0.1, 0.15) is 44.0 Å². The molecule has 3 aromatic rings. The molecule has 2 aromatic heterocycles. The molecule has 0 spiro atoms. The highest BCUT2D eigenvalue weighted by atomic mass is 79.9. The van der Waals surface area contributed by atoms with Crippen molar-refractivity contribution in [1.29, 1.82) is 0 Å². The van der Waals surface area contributed by atoms with E-state index in [2.05, 4.69) is 31.2 Å². The lowest BCUT2D eigenvalue weighted by Crippen LogP contribution is -2.39. The van der Waals surface area contributed by atoms with Gasteiger partial charge in [-0.15, -0.1) is 5.10 Å². The lowest BCUT2D eigenvalue weighted by atomic mass is 9.94. The molecule has 0 unspecified atom stereocenters. The number of amides is 1. The zero-order valence-corrected chi connectivity index (χ0v) is 20.3. The minimum Gasteiger partial charge on any atom is -0.334 e. The molecular weight excluding hydrogens is 494 g/mol. The third-order valence-corrected chi connectivity index (χ3v) is 7.43. The molecular formula is C23H21BrClN5O2. The SMILES string of the molecule is Cc1nnn(C)c1-c1cc(Br)c2c(c1Cl)C(=O)N(Cc1c3c(c(C)[nH]c1=O)CC=C3)CC2. The standard InChI is InChI=1S/C23H21BrClN5O2/c1-11-13-5-4-6-14(13)17(22(31)26-11)10-30-8-7-15-18(24)9-16(20(25)19(15)23(30)32)21-12(2)27-28-29(21)3/h4,6,9H,5,7-8,10H2,1-3H3,(H,26,31). The first-order valence-electron chi connectivity index (χ1n) is 10.4. The Balaban J connectivity index is 1.58. The number of hydrogen-bond donors (Lipinski definition) is 1. The highest BCUT2D eigenvalue weighted by Gasteiger charge is 2.32. The summed E-state index contributed by atoms with van der Waals surface area (Å²) in [6, 6.07) is 1.93. The van der Waals surface area contributed by atoms with Crippen LogP contribution in [0.2, 0.25) is 5.02 Å². The number of nitrogens with one attached hydrogen (secondary N) is 1. The highest BCUT2D eigenvalue weighted by molar-refractivity contribution is 9.10. The van der Waals surface area contributed by atoms with Crippen molar-refractivity contribution in [3.05, 3.63) is 71.2 Å².